The summed E-state index contributed by atoms with van der Waals surface area (Å²) in [6.07, 6.45) is 19.3. The average Bonchev–Trinajstić information content (AvgIpc) is 3.04. The molecule has 8 atom stereocenters. The highest BCUT2D eigenvalue weighted by Gasteiger charge is 2.56. The van der Waals surface area contributed by atoms with Crippen molar-refractivity contribution in [3.8, 4) is 5.75 Å². The third kappa shape index (κ3) is 7.04. The van der Waals surface area contributed by atoms with Crippen LogP contribution in [0, 0.1) is 53.3 Å². The van der Waals surface area contributed by atoms with Crippen molar-refractivity contribution in [2.45, 2.75) is 144 Å². The number of hydrogen-bond donors (Lipinski definition) is 0. The summed E-state index contributed by atoms with van der Waals surface area (Å²) >= 11 is 0. The van der Waals surface area contributed by atoms with Crippen molar-refractivity contribution in [2.24, 2.45) is 46.3 Å². The van der Waals surface area contributed by atoms with E-state index in [1.165, 1.54) is 63.4 Å². The Bertz CT molecular complexity index is 1550. The maximum atomic E-state index is 13.0. The third-order valence-electron chi connectivity index (χ3n) is 13.8. The van der Waals surface area contributed by atoms with E-state index in [1.54, 1.807) is 6.07 Å². The van der Waals surface area contributed by atoms with Gasteiger partial charge in [-0.2, -0.15) is 0 Å². The van der Waals surface area contributed by atoms with E-state index in [-0.39, 0.29) is 29.7 Å². The van der Waals surface area contributed by atoms with Crippen molar-refractivity contribution in [2.75, 3.05) is 6.61 Å². The summed E-state index contributed by atoms with van der Waals surface area (Å²) in [5.74, 6) is 5.15. The van der Waals surface area contributed by atoms with E-state index in [2.05, 4.69) is 47.6 Å². The number of fused-ring (bicyclic) bond motifs is 6. The first-order valence-electron chi connectivity index (χ1n) is 19.5. The van der Waals surface area contributed by atoms with Gasteiger partial charge in [-0.1, -0.05) is 78.9 Å². The second-order valence-corrected chi connectivity index (χ2v) is 17.3. The van der Waals surface area contributed by atoms with Gasteiger partial charge in [0.2, 0.25) is 0 Å². The highest BCUT2D eigenvalue weighted by molar-refractivity contribution is 5.82. The van der Waals surface area contributed by atoms with E-state index in [0.717, 1.165) is 77.7 Å². The van der Waals surface area contributed by atoms with Gasteiger partial charge >= 0.3 is 11.6 Å². The van der Waals surface area contributed by atoms with Crippen molar-refractivity contribution < 1.29 is 18.7 Å². The van der Waals surface area contributed by atoms with Crippen LogP contribution in [0.15, 0.2) is 39.1 Å². The fourth-order valence-electron chi connectivity index (χ4n) is 11.0. The number of allylic oxidation sites excluding steroid dienone is 1. The maximum absolute atomic E-state index is 13.0. The quantitative estimate of drug-likeness (QED) is 0.137. The Morgan fingerprint density at radius 1 is 1.04 bits per heavy atom. The van der Waals surface area contributed by atoms with Gasteiger partial charge in [0.15, 0.2) is 6.61 Å². The zero-order valence-electron chi connectivity index (χ0n) is 31.0. The number of carbonyl (C=O) groups excluding carboxylic acids is 1. The first-order chi connectivity index (χ1) is 22.9. The van der Waals surface area contributed by atoms with Crippen LogP contribution in [0.2, 0.25) is 0 Å². The van der Waals surface area contributed by atoms with Gasteiger partial charge in [-0.05, 0) is 129 Å². The summed E-state index contributed by atoms with van der Waals surface area (Å²) < 4.78 is 17.4. The fraction of sp³-hybridized carbons (Fsp3) is 0.721. The highest BCUT2D eigenvalue weighted by atomic mass is 16.6. The van der Waals surface area contributed by atoms with Crippen LogP contribution >= 0.6 is 0 Å². The molecule has 5 nitrogen and oxygen atoms in total. The number of esters is 1. The van der Waals surface area contributed by atoms with Crippen LogP contribution in [0.4, 0.5) is 0 Å². The molecule has 1 aromatic carbocycles. The Labute approximate surface area is 289 Å². The van der Waals surface area contributed by atoms with E-state index < -0.39 is 0 Å². The Morgan fingerprint density at radius 2 is 1.85 bits per heavy atom. The molecule has 4 aliphatic rings. The first-order valence-corrected chi connectivity index (χ1v) is 19.5. The topological polar surface area (TPSA) is 65.7 Å². The first kappa shape index (κ1) is 35.3. The number of benzene rings is 1. The molecule has 0 spiro atoms. The molecule has 0 N–H and O–H groups in total. The van der Waals surface area contributed by atoms with Crippen molar-refractivity contribution in [3.05, 3.63) is 51.4 Å². The Hall–Kier alpha value is -2.56. The summed E-state index contributed by atoms with van der Waals surface area (Å²) in [5.41, 5.74) is 4.14. The van der Waals surface area contributed by atoms with Crippen molar-refractivity contribution in [1.82, 2.24) is 0 Å². The molecular weight excluding hydrogens is 596 g/mol. The fourth-order valence-corrected chi connectivity index (χ4v) is 11.0. The molecule has 4 aliphatic carbocycles. The van der Waals surface area contributed by atoms with E-state index in [0.29, 0.717) is 23.2 Å². The number of ether oxygens (including phenoxy) is 2. The summed E-state index contributed by atoms with van der Waals surface area (Å²) in [6, 6.07) is 5.45. The molecule has 2 aromatic rings. The molecule has 6 rings (SSSR count). The smallest absolute Gasteiger partial charge is 0.344 e. The molecule has 5 heteroatoms. The standard InChI is InChI=1S/C43H62O5/c1-8-10-35-29(5)34-17-15-32(24-39(34)48-41(35)45)46-26-40(44)47-33-19-22-43(7)31(23-33)14-16-36-37-18-13-30(28(4)12-9-11-27(2)3)25-42(37,6)21-20-38(36)43/h14-15,17,24,27-28,30,33,36-38H,8-13,16,18-23,25-26H2,1-7H3/t28-,30+,33+,36-,37+,38+,42+,43-/m0/s1. The molecule has 0 unspecified atom stereocenters. The molecule has 1 heterocycles. The minimum absolute atomic E-state index is 0.0901. The molecule has 0 radical (unpaired) electrons. The monoisotopic (exact) mass is 658 g/mol. The van der Waals surface area contributed by atoms with Crippen molar-refractivity contribution in [1.29, 1.82) is 0 Å². The molecule has 0 aliphatic heterocycles. The molecule has 264 valence electrons. The summed E-state index contributed by atoms with van der Waals surface area (Å²) in [7, 11) is 0. The van der Waals surface area contributed by atoms with Gasteiger partial charge in [0.1, 0.15) is 17.4 Å². The predicted molar refractivity (Wildman–Crippen MR) is 194 cm³/mol. The Balaban J connectivity index is 1.03. The summed E-state index contributed by atoms with van der Waals surface area (Å²) in [4.78, 5) is 25.5. The lowest BCUT2D eigenvalue weighted by molar-refractivity contribution is -0.154. The molecular formula is C43H62O5. The largest absolute Gasteiger partial charge is 0.482 e. The van der Waals surface area contributed by atoms with E-state index >= 15 is 0 Å². The van der Waals surface area contributed by atoms with E-state index in [1.807, 2.05) is 19.1 Å². The van der Waals surface area contributed by atoms with E-state index in [4.69, 9.17) is 13.9 Å². The highest BCUT2D eigenvalue weighted by Crippen LogP contribution is 2.65. The van der Waals surface area contributed by atoms with Crippen LogP contribution in [0.3, 0.4) is 0 Å². The van der Waals surface area contributed by atoms with Crippen molar-refractivity contribution in [3.63, 3.8) is 0 Å². The van der Waals surface area contributed by atoms with Crippen LogP contribution in [-0.2, 0) is 16.0 Å². The van der Waals surface area contributed by atoms with E-state index in [9.17, 15) is 9.59 Å². The van der Waals surface area contributed by atoms with Crippen LogP contribution in [0.25, 0.3) is 11.0 Å². The van der Waals surface area contributed by atoms with Gasteiger partial charge in [-0.15, -0.1) is 0 Å². The second kappa shape index (κ2) is 14.4. The Kier molecular flexibility index (Phi) is 10.5. The minimum atomic E-state index is -0.336. The van der Waals surface area contributed by atoms with Crippen LogP contribution in [-0.4, -0.2) is 18.7 Å². The van der Waals surface area contributed by atoms with Gasteiger partial charge in [-0.25, -0.2) is 9.59 Å². The number of carbonyl (C=O) groups is 1. The summed E-state index contributed by atoms with van der Waals surface area (Å²) in [6.45, 7) is 16.3. The molecule has 1 aromatic heterocycles. The SMILES string of the molecule is CCCc1c(C)c2ccc(OCC(=O)O[C@@H]3CC[C@@]4(C)C(=CC[C@H]5[C@H]6CC[C@@H]([C@@H](C)CCCC(C)C)C[C@@]6(C)CC[C@H]54)C3)cc2oc1=O. The molecule has 3 saturated carbocycles. The van der Waals surface area contributed by atoms with Gasteiger partial charge in [0, 0.05) is 23.4 Å². The second-order valence-electron chi connectivity index (χ2n) is 17.3. The molecule has 3 fully saturated rings. The lowest BCUT2D eigenvalue weighted by atomic mass is 9.44. The summed E-state index contributed by atoms with van der Waals surface area (Å²) in [5, 5.41) is 0.901. The number of hydrogen-bond acceptors (Lipinski definition) is 5. The molecule has 0 amide bonds. The lowest BCUT2D eigenvalue weighted by Crippen LogP contribution is -2.52. The van der Waals surface area contributed by atoms with Crippen molar-refractivity contribution >= 4 is 16.9 Å². The number of rotatable bonds is 11. The Morgan fingerprint density at radius 3 is 2.62 bits per heavy atom. The van der Waals surface area contributed by atoms with Crippen LogP contribution in [0.5, 0.6) is 5.75 Å². The van der Waals surface area contributed by atoms with Crippen LogP contribution < -0.4 is 10.4 Å². The zero-order chi connectivity index (χ0) is 34.2. The van der Waals surface area contributed by atoms with Crippen LogP contribution in [0.1, 0.15) is 136 Å². The number of aryl methyl sites for hydroxylation is 1. The predicted octanol–water partition coefficient (Wildman–Crippen LogP) is 10.8. The van der Waals surface area contributed by atoms with Gasteiger partial charge in [0.25, 0.3) is 0 Å². The van der Waals surface area contributed by atoms with Gasteiger partial charge < -0.3 is 13.9 Å². The minimum Gasteiger partial charge on any atom is -0.482 e. The molecule has 48 heavy (non-hydrogen) atoms. The zero-order valence-corrected chi connectivity index (χ0v) is 31.0. The van der Waals surface area contributed by atoms with Gasteiger partial charge in [0.05, 0.1) is 0 Å². The lowest BCUT2D eigenvalue weighted by Gasteiger charge is -2.61. The van der Waals surface area contributed by atoms with Gasteiger partial charge in [-0.3, -0.25) is 0 Å². The average molecular weight is 659 g/mol. The third-order valence-corrected chi connectivity index (χ3v) is 13.8. The normalized spacial score (nSPS) is 32.2. The molecule has 0 bridgehead atoms. The molecule has 0 saturated heterocycles. The maximum Gasteiger partial charge on any atom is 0.344 e.